The van der Waals surface area contributed by atoms with Gasteiger partial charge in [0.1, 0.15) is 6.33 Å². The predicted molar refractivity (Wildman–Crippen MR) is 63.9 cm³/mol. The van der Waals surface area contributed by atoms with Crippen molar-refractivity contribution in [3.05, 3.63) is 16.7 Å². The Balaban J connectivity index is 2.51. The van der Waals surface area contributed by atoms with Gasteiger partial charge in [-0.15, -0.1) is 0 Å². The molecule has 2 heterocycles. The monoisotopic (exact) mass is 271 g/mol. The summed E-state index contributed by atoms with van der Waals surface area (Å²) in [7, 11) is 0. The fourth-order valence-corrected chi connectivity index (χ4v) is 1.56. The first-order valence-corrected chi connectivity index (χ1v) is 5.51. The van der Waals surface area contributed by atoms with E-state index in [-0.39, 0.29) is 23.5 Å². The minimum Gasteiger partial charge on any atom is -0.368 e. The van der Waals surface area contributed by atoms with E-state index in [0.29, 0.717) is 6.42 Å². The summed E-state index contributed by atoms with van der Waals surface area (Å²) in [6.07, 6.45) is 2.03. The number of hydrogen-bond donors (Lipinski definition) is 1. The van der Waals surface area contributed by atoms with E-state index in [9.17, 15) is 9.59 Å². The number of nitrogens with two attached hydrogens (primary N) is 1. The van der Waals surface area contributed by atoms with Crippen LogP contribution in [0.25, 0.3) is 11.2 Å². The highest BCUT2D eigenvalue weighted by atomic mass is 35.5. The van der Waals surface area contributed by atoms with Crippen molar-refractivity contribution < 1.29 is 9.63 Å². The van der Waals surface area contributed by atoms with Crippen molar-refractivity contribution >= 4 is 34.9 Å². The highest BCUT2D eigenvalue weighted by Crippen LogP contribution is 2.11. The minimum absolute atomic E-state index is 0.0383. The van der Waals surface area contributed by atoms with E-state index in [1.807, 2.05) is 6.92 Å². The van der Waals surface area contributed by atoms with E-state index in [4.69, 9.17) is 22.3 Å². The van der Waals surface area contributed by atoms with E-state index in [2.05, 4.69) is 9.97 Å². The first-order valence-electron chi connectivity index (χ1n) is 5.17. The van der Waals surface area contributed by atoms with E-state index >= 15 is 0 Å². The molecule has 0 spiro atoms. The second-order valence-electron chi connectivity index (χ2n) is 3.51. The van der Waals surface area contributed by atoms with Crippen LogP contribution >= 0.6 is 11.8 Å². The van der Waals surface area contributed by atoms with Crippen molar-refractivity contribution in [2.75, 3.05) is 5.73 Å². The number of anilines is 1. The molecule has 0 radical (unpaired) electrons. The molecule has 0 atom stereocenters. The molecule has 0 fully saturated rings. The van der Waals surface area contributed by atoms with Crippen LogP contribution in [0, 0.1) is 0 Å². The summed E-state index contributed by atoms with van der Waals surface area (Å²) in [4.78, 5) is 35.3. The molecule has 9 heteroatoms. The van der Waals surface area contributed by atoms with Gasteiger partial charge in [-0.25, -0.2) is 13.9 Å². The first-order chi connectivity index (χ1) is 8.54. The van der Waals surface area contributed by atoms with Gasteiger partial charge in [0.25, 0.3) is 0 Å². The fraction of sp³-hybridized carbons (Fsp3) is 0.333. The van der Waals surface area contributed by atoms with Crippen LogP contribution in [0.2, 0.25) is 0 Å². The predicted octanol–water partition coefficient (Wildman–Crippen LogP) is -0.0676. The fourth-order valence-electron chi connectivity index (χ4n) is 1.40. The number of carbonyl (C=O) groups excluding carboxylic acids is 1. The van der Waals surface area contributed by atoms with Gasteiger partial charge in [0, 0.05) is 18.2 Å². The van der Waals surface area contributed by atoms with Crippen LogP contribution in [0.15, 0.2) is 11.1 Å². The Kier molecular flexibility index (Phi) is 3.19. The highest BCUT2D eigenvalue weighted by Gasteiger charge is 2.16. The zero-order valence-corrected chi connectivity index (χ0v) is 10.2. The van der Waals surface area contributed by atoms with Crippen LogP contribution in [-0.2, 0) is 4.79 Å². The lowest BCUT2D eigenvalue weighted by Crippen LogP contribution is -2.23. The minimum atomic E-state index is -0.666. The van der Waals surface area contributed by atoms with Crippen molar-refractivity contribution in [3.63, 3.8) is 0 Å². The normalized spacial score (nSPS) is 10.8. The maximum atomic E-state index is 11.7. The third-order valence-electron chi connectivity index (χ3n) is 2.18. The lowest BCUT2D eigenvalue weighted by Gasteiger charge is -2.04. The number of imidazole rings is 1. The number of aromatic nitrogens is 4. The molecule has 8 nitrogen and oxygen atoms in total. The molecule has 96 valence electrons. The highest BCUT2D eigenvalue weighted by molar-refractivity contribution is 6.19. The quantitative estimate of drug-likeness (QED) is 0.838. The standard InChI is InChI=1S/C9H10ClN5O3/c1-2-3-5(16)18-14-4-12-7-6(14)8(17)13-9(11)15(7)10/h4H,2-3H2,1H3,(H2,11,13,17). The number of fused-ring (bicyclic) bond motifs is 1. The largest absolute Gasteiger partial charge is 0.368 e. The summed E-state index contributed by atoms with van der Waals surface area (Å²) in [5, 5.41) is 0. The van der Waals surface area contributed by atoms with E-state index in [0.717, 1.165) is 8.82 Å². The Morgan fingerprint density at radius 3 is 3.00 bits per heavy atom. The van der Waals surface area contributed by atoms with Crippen LogP contribution in [0.5, 0.6) is 0 Å². The SMILES string of the molecule is CCCC(=O)On1cnc2c1c(=O)nc(N)n2Cl. The molecule has 0 bridgehead atoms. The number of nitrogen functional groups attached to an aromatic ring is 1. The van der Waals surface area contributed by atoms with Gasteiger partial charge >= 0.3 is 11.5 Å². The van der Waals surface area contributed by atoms with Gasteiger partial charge in [0.05, 0.1) is 0 Å². The van der Waals surface area contributed by atoms with Gasteiger partial charge in [-0.1, -0.05) is 6.92 Å². The maximum Gasteiger partial charge on any atom is 0.332 e. The molecule has 18 heavy (non-hydrogen) atoms. The Hall–Kier alpha value is -2.09. The molecule has 0 amide bonds. The number of hydrogen-bond acceptors (Lipinski definition) is 6. The third-order valence-corrected chi connectivity index (χ3v) is 2.51. The zero-order chi connectivity index (χ0) is 13.3. The van der Waals surface area contributed by atoms with E-state index < -0.39 is 11.5 Å². The van der Waals surface area contributed by atoms with Gasteiger partial charge in [0.2, 0.25) is 5.95 Å². The van der Waals surface area contributed by atoms with Crippen molar-refractivity contribution in [1.29, 1.82) is 0 Å². The van der Waals surface area contributed by atoms with Crippen LogP contribution in [-0.4, -0.2) is 24.8 Å². The first kappa shape index (κ1) is 12.4. The van der Waals surface area contributed by atoms with Crippen molar-refractivity contribution in [3.8, 4) is 0 Å². The molecule has 0 saturated heterocycles. The molecule has 0 aliphatic heterocycles. The Labute approximate surface area is 106 Å². The molecule has 2 aromatic rings. The summed E-state index contributed by atoms with van der Waals surface area (Å²) < 4.78 is 1.86. The Bertz CT molecular complexity index is 662. The lowest BCUT2D eigenvalue weighted by atomic mass is 10.3. The third kappa shape index (κ3) is 2.02. The zero-order valence-electron chi connectivity index (χ0n) is 9.46. The molecule has 2 aromatic heterocycles. The molecule has 0 aliphatic carbocycles. The molecule has 2 N–H and O–H groups in total. The molecule has 0 aromatic carbocycles. The molecule has 2 rings (SSSR count). The molecule has 0 unspecified atom stereocenters. The maximum absolute atomic E-state index is 11.7. The van der Waals surface area contributed by atoms with Crippen LogP contribution < -0.4 is 16.1 Å². The second kappa shape index (κ2) is 4.65. The summed E-state index contributed by atoms with van der Waals surface area (Å²) in [6.45, 7) is 1.83. The van der Waals surface area contributed by atoms with Gasteiger partial charge < -0.3 is 10.6 Å². The van der Waals surface area contributed by atoms with Crippen molar-refractivity contribution in [2.45, 2.75) is 19.8 Å². The average molecular weight is 272 g/mol. The smallest absolute Gasteiger partial charge is 0.332 e. The van der Waals surface area contributed by atoms with Crippen LogP contribution in [0.3, 0.4) is 0 Å². The van der Waals surface area contributed by atoms with Gasteiger partial charge in [-0.3, -0.25) is 4.79 Å². The van der Waals surface area contributed by atoms with Gasteiger partial charge in [0.15, 0.2) is 11.2 Å². The molecule has 0 aliphatic rings. The molecule has 0 saturated carbocycles. The van der Waals surface area contributed by atoms with Crippen LogP contribution in [0.1, 0.15) is 19.8 Å². The Morgan fingerprint density at radius 2 is 2.33 bits per heavy atom. The van der Waals surface area contributed by atoms with Gasteiger partial charge in [-0.2, -0.15) is 9.71 Å². The second-order valence-corrected chi connectivity index (χ2v) is 3.85. The number of carbonyl (C=O) groups is 1. The lowest BCUT2D eigenvalue weighted by molar-refractivity contribution is -0.143. The summed E-state index contributed by atoms with van der Waals surface area (Å²) in [6, 6.07) is 0. The van der Waals surface area contributed by atoms with E-state index in [1.165, 1.54) is 6.33 Å². The van der Waals surface area contributed by atoms with Crippen molar-refractivity contribution in [2.24, 2.45) is 0 Å². The average Bonchev–Trinajstić information content (AvgIpc) is 2.70. The molecular formula is C9H10ClN5O3. The topological polar surface area (TPSA) is 105 Å². The summed E-state index contributed by atoms with van der Waals surface area (Å²) in [5.74, 6) is -0.659. The number of halogens is 1. The van der Waals surface area contributed by atoms with Gasteiger partial charge in [-0.05, 0) is 6.42 Å². The number of rotatable bonds is 3. The van der Waals surface area contributed by atoms with E-state index in [1.54, 1.807) is 0 Å². The van der Waals surface area contributed by atoms with Crippen molar-refractivity contribution in [1.82, 2.24) is 18.8 Å². The summed E-state index contributed by atoms with van der Waals surface area (Å²) in [5.41, 5.74) is 4.79. The molecular weight excluding hydrogens is 262 g/mol. The van der Waals surface area contributed by atoms with Crippen LogP contribution in [0.4, 0.5) is 5.95 Å². The Morgan fingerprint density at radius 1 is 1.61 bits per heavy atom. The number of nitrogens with zero attached hydrogens (tertiary/aromatic N) is 4. The summed E-state index contributed by atoms with van der Waals surface area (Å²) >= 11 is 5.78.